The van der Waals surface area contributed by atoms with E-state index in [1.165, 1.54) is 12.0 Å². The predicted octanol–water partition coefficient (Wildman–Crippen LogP) is 3.99. The maximum absolute atomic E-state index is 2.46. The molecule has 0 aromatic carbocycles. The van der Waals surface area contributed by atoms with Crippen LogP contribution in [0.25, 0.3) is 0 Å². The van der Waals surface area contributed by atoms with Crippen LogP contribution in [0.1, 0.15) is 20.3 Å². The zero-order valence-electron chi connectivity index (χ0n) is 8.94. The summed E-state index contributed by atoms with van der Waals surface area (Å²) in [5.74, 6) is 0. The largest absolute Gasteiger partial charge is 0.0771 e. The van der Waals surface area contributed by atoms with E-state index in [0.717, 1.165) is 5.54 Å². The third kappa shape index (κ3) is 1.89. The van der Waals surface area contributed by atoms with Crippen LogP contribution in [0.15, 0.2) is 23.3 Å². The summed E-state index contributed by atoms with van der Waals surface area (Å²) < 4.78 is 0. The molecule has 0 saturated heterocycles. The van der Waals surface area contributed by atoms with E-state index in [1.54, 1.807) is 5.57 Å². The van der Waals surface area contributed by atoms with Gasteiger partial charge in [0.15, 0.2) is 0 Å². The first-order valence-corrected chi connectivity index (χ1v) is 8.41. The molecular weight excluding hydrogens is 160 g/mol. The van der Waals surface area contributed by atoms with E-state index in [4.69, 9.17) is 0 Å². The monoisotopic (exact) mass is 180 g/mol. The van der Waals surface area contributed by atoms with Crippen LogP contribution in [-0.4, -0.2) is 8.07 Å². The van der Waals surface area contributed by atoms with Crippen molar-refractivity contribution in [1.82, 2.24) is 0 Å². The van der Waals surface area contributed by atoms with Gasteiger partial charge < -0.3 is 0 Å². The van der Waals surface area contributed by atoms with Crippen LogP contribution in [0.2, 0.25) is 25.2 Å². The fourth-order valence-corrected chi connectivity index (χ4v) is 4.09. The van der Waals surface area contributed by atoms with Gasteiger partial charge in [0.25, 0.3) is 0 Å². The van der Waals surface area contributed by atoms with Gasteiger partial charge in [-0.05, 0) is 18.9 Å². The molecule has 1 aliphatic rings. The summed E-state index contributed by atoms with van der Waals surface area (Å²) in [4.78, 5) is 0. The molecule has 1 heteroatoms. The molecule has 1 atom stereocenters. The zero-order chi connectivity index (χ0) is 9.35. The fraction of sp³-hybridized carbons (Fsp3) is 0.636. The number of hydrogen-bond donors (Lipinski definition) is 0. The molecule has 0 amide bonds. The average molecular weight is 180 g/mol. The molecule has 0 radical (unpaired) electrons. The Balaban J connectivity index is 2.87. The summed E-state index contributed by atoms with van der Waals surface area (Å²) in [6.45, 7) is 11.9. The van der Waals surface area contributed by atoms with Crippen LogP contribution in [0.5, 0.6) is 0 Å². The number of allylic oxidation sites excluding steroid dienone is 4. The van der Waals surface area contributed by atoms with Gasteiger partial charge in [0.2, 0.25) is 0 Å². The summed E-state index contributed by atoms with van der Waals surface area (Å²) in [7, 11) is -0.995. The molecule has 1 rings (SSSR count). The second-order valence-corrected chi connectivity index (χ2v) is 10.2. The van der Waals surface area contributed by atoms with E-state index in [-0.39, 0.29) is 0 Å². The van der Waals surface area contributed by atoms with Crippen molar-refractivity contribution in [2.75, 3.05) is 0 Å². The van der Waals surface area contributed by atoms with Crippen LogP contribution in [0, 0.1) is 0 Å². The van der Waals surface area contributed by atoms with Gasteiger partial charge in [-0.25, -0.2) is 0 Å². The van der Waals surface area contributed by atoms with E-state index in [9.17, 15) is 0 Å². The van der Waals surface area contributed by atoms with E-state index in [1.807, 2.05) is 0 Å². The van der Waals surface area contributed by atoms with Crippen molar-refractivity contribution in [3.05, 3.63) is 23.3 Å². The summed E-state index contributed by atoms with van der Waals surface area (Å²) in [5, 5.41) is 0. The van der Waals surface area contributed by atoms with Crippen molar-refractivity contribution < 1.29 is 0 Å². The highest BCUT2D eigenvalue weighted by molar-refractivity contribution is 6.78. The molecule has 0 aromatic rings. The predicted molar refractivity (Wildman–Crippen MR) is 59.2 cm³/mol. The Morgan fingerprint density at radius 1 is 1.33 bits per heavy atom. The Morgan fingerprint density at radius 3 is 2.25 bits per heavy atom. The van der Waals surface area contributed by atoms with Crippen LogP contribution in [-0.2, 0) is 0 Å². The minimum Gasteiger partial charge on any atom is -0.0771 e. The van der Waals surface area contributed by atoms with Gasteiger partial charge in [0.05, 0.1) is 8.07 Å². The van der Waals surface area contributed by atoms with Gasteiger partial charge >= 0.3 is 0 Å². The first kappa shape index (κ1) is 9.78. The maximum Gasteiger partial charge on any atom is 0.0561 e. The molecule has 12 heavy (non-hydrogen) atoms. The smallest absolute Gasteiger partial charge is 0.0561 e. The van der Waals surface area contributed by atoms with Gasteiger partial charge in [0, 0.05) is 0 Å². The molecule has 1 aliphatic carbocycles. The fourth-order valence-electron chi connectivity index (χ4n) is 1.93. The van der Waals surface area contributed by atoms with Crippen molar-refractivity contribution >= 4 is 8.07 Å². The van der Waals surface area contributed by atoms with Crippen molar-refractivity contribution in [2.45, 2.75) is 45.5 Å². The Hall–Kier alpha value is -0.303. The summed E-state index contributed by atoms with van der Waals surface area (Å²) >= 11 is 0. The topological polar surface area (TPSA) is 0 Å². The Bertz CT molecular complexity index is 228. The highest BCUT2D eigenvalue weighted by Crippen LogP contribution is 2.38. The summed E-state index contributed by atoms with van der Waals surface area (Å²) in [6.07, 6.45) is 6.07. The lowest BCUT2D eigenvalue weighted by Gasteiger charge is -2.25. The quantitative estimate of drug-likeness (QED) is 0.564. The van der Waals surface area contributed by atoms with E-state index in [0.29, 0.717) is 0 Å². The minimum absolute atomic E-state index is 0.808. The Kier molecular flexibility index (Phi) is 2.62. The summed E-state index contributed by atoms with van der Waals surface area (Å²) in [6, 6.07) is 0. The SMILES string of the molecule is CCC1=CC(C)=CC1[Si](C)(C)C. The number of rotatable bonds is 2. The van der Waals surface area contributed by atoms with Crippen molar-refractivity contribution in [2.24, 2.45) is 0 Å². The van der Waals surface area contributed by atoms with E-state index >= 15 is 0 Å². The van der Waals surface area contributed by atoms with Gasteiger partial charge in [-0.2, -0.15) is 0 Å². The maximum atomic E-state index is 2.46. The van der Waals surface area contributed by atoms with Gasteiger partial charge in [-0.3, -0.25) is 0 Å². The van der Waals surface area contributed by atoms with Crippen LogP contribution in [0.3, 0.4) is 0 Å². The Labute approximate surface area is 77.4 Å². The zero-order valence-corrected chi connectivity index (χ0v) is 9.94. The van der Waals surface area contributed by atoms with Crippen molar-refractivity contribution in [3.63, 3.8) is 0 Å². The first-order valence-electron chi connectivity index (χ1n) is 4.84. The number of hydrogen-bond acceptors (Lipinski definition) is 0. The molecule has 1 unspecified atom stereocenters. The minimum atomic E-state index is -0.995. The molecule has 0 aromatic heterocycles. The van der Waals surface area contributed by atoms with Crippen molar-refractivity contribution in [1.29, 1.82) is 0 Å². The molecule has 0 N–H and O–H groups in total. The van der Waals surface area contributed by atoms with E-state index in [2.05, 4.69) is 45.6 Å². The molecule has 0 nitrogen and oxygen atoms in total. The third-order valence-electron chi connectivity index (χ3n) is 2.58. The Morgan fingerprint density at radius 2 is 1.92 bits per heavy atom. The molecule has 0 saturated carbocycles. The lowest BCUT2D eigenvalue weighted by atomic mass is 10.2. The summed E-state index contributed by atoms with van der Waals surface area (Å²) in [5.41, 5.74) is 3.94. The molecule has 0 bridgehead atoms. The molecule has 0 heterocycles. The van der Waals surface area contributed by atoms with Crippen LogP contribution < -0.4 is 0 Å². The van der Waals surface area contributed by atoms with Crippen LogP contribution >= 0.6 is 0 Å². The standard InChI is InChI=1S/C11H20Si/c1-6-10-7-9(2)8-11(10)12(3,4)5/h7-8,11H,6H2,1-5H3. The van der Waals surface area contributed by atoms with Gasteiger partial charge in [-0.1, -0.05) is 49.9 Å². The second kappa shape index (κ2) is 3.21. The molecule has 0 fully saturated rings. The average Bonchev–Trinajstić information content (AvgIpc) is 2.29. The highest BCUT2D eigenvalue weighted by atomic mass is 28.3. The van der Waals surface area contributed by atoms with E-state index < -0.39 is 8.07 Å². The molecule has 0 spiro atoms. The highest BCUT2D eigenvalue weighted by Gasteiger charge is 2.29. The van der Waals surface area contributed by atoms with Gasteiger partial charge in [-0.15, -0.1) is 0 Å². The second-order valence-electron chi connectivity index (χ2n) is 4.83. The van der Waals surface area contributed by atoms with Crippen LogP contribution in [0.4, 0.5) is 0 Å². The lowest BCUT2D eigenvalue weighted by Crippen LogP contribution is -2.27. The lowest BCUT2D eigenvalue weighted by molar-refractivity contribution is 1.02. The first-order chi connectivity index (χ1) is 5.45. The molecular formula is C11H20Si. The van der Waals surface area contributed by atoms with Gasteiger partial charge in [0.1, 0.15) is 0 Å². The molecule has 68 valence electrons. The van der Waals surface area contributed by atoms with Crippen molar-refractivity contribution in [3.8, 4) is 0 Å². The molecule has 0 aliphatic heterocycles. The normalized spacial score (nSPS) is 23.9. The third-order valence-corrected chi connectivity index (χ3v) is 4.99.